The summed E-state index contributed by atoms with van der Waals surface area (Å²) in [5, 5.41) is 5.93. The standard InChI is InChI=1S/C21H28N6O2/c1-12-7-8-16(13(2)11-12)22-9-6-10-26-14(3)15(4)27-17-18(23-20(26)27)25(5)21(29)24-19(17)28/h7-8,11,17-18,22H,6,9-10H2,1-5H3,(H,24,28,29). The Kier molecular flexibility index (Phi) is 4.72. The topological polar surface area (TPSA) is 80.3 Å². The van der Waals surface area contributed by atoms with Crippen molar-refractivity contribution in [2.75, 3.05) is 25.5 Å². The Morgan fingerprint density at radius 3 is 2.62 bits per heavy atom. The highest BCUT2D eigenvalue weighted by Gasteiger charge is 2.52. The molecule has 2 N–H and O–H groups in total. The van der Waals surface area contributed by atoms with E-state index in [1.165, 1.54) is 16.0 Å². The van der Waals surface area contributed by atoms with Crippen LogP contribution in [0.4, 0.5) is 10.5 Å². The molecule has 8 nitrogen and oxygen atoms in total. The summed E-state index contributed by atoms with van der Waals surface area (Å²) in [7, 11) is 1.68. The number of carbonyl (C=O) groups is 2. The molecular formula is C21H28N6O2. The van der Waals surface area contributed by atoms with Gasteiger partial charge in [-0.05, 0) is 45.7 Å². The van der Waals surface area contributed by atoms with Crippen LogP contribution in [-0.2, 0) is 4.79 Å². The zero-order valence-electron chi connectivity index (χ0n) is 17.6. The van der Waals surface area contributed by atoms with Gasteiger partial charge < -0.3 is 15.1 Å². The number of benzene rings is 1. The first-order valence-corrected chi connectivity index (χ1v) is 10.0. The summed E-state index contributed by atoms with van der Waals surface area (Å²) in [5.41, 5.74) is 5.77. The summed E-state index contributed by atoms with van der Waals surface area (Å²) >= 11 is 0. The van der Waals surface area contributed by atoms with Crippen LogP contribution in [0.15, 0.2) is 34.6 Å². The number of aliphatic imine (C=N–C) groups is 1. The number of amides is 3. The van der Waals surface area contributed by atoms with E-state index in [-0.39, 0.29) is 5.91 Å². The number of imide groups is 1. The Morgan fingerprint density at radius 1 is 1.14 bits per heavy atom. The molecule has 0 radical (unpaired) electrons. The number of urea groups is 1. The van der Waals surface area contributed by atoms with Gasteiger partial charge in [0.1, 0.15) is 0 Å². The van der Waals surface area contributed by atoms with Gasteiger partial charge in [-0.1, -0.05) is 17.7 Å². The van der Waals surface area contributed by atoms with Crippen LogP contribution in [0.1, 0.15) is 31.4 Å². The first-order valence-electron chi connectivity index (χ1n) is 10.0. The minimum atomic E-state index is -0.499. The molecule has 0 bridgehead atoms. The molecule has 1 aromatic rings. The SMILES string of the molecule is CC1=C(C)N2C(=NC3C2C(=O)NC(=O)N3C)N1CCCNc1ccc(C)cc1C. The van der Waals surface area contributed by atoms with Crippen molar-refractivity contribution in [3.8, 4) is 0 Å². The van der Waals surface area contributed by atoms with Crippen LogP contribution in [0.3, 0.4) is 0 Å². The fourth-order valence-corrected chi connectivity index (χ4v) is 4.27. The molecule has 1 saturated heterocycles. The Hall–Kier alpha value is -3.03. The van der Waals surface area contributed by atoms with Gasteiger partial charge in [0.25, 0.3) is 5.91 Å². The maximum atomic E-state index is 12.5. The number of nitrogens with one attached hydrogen (secondary N) is 2. The lowest BCUT2D eigenvalue weighted by Crippen LogP contribution is -2.63. The number of anilines is 1. The summed E-state index contributed by atoms with van der Waals surface area (Å²) in [6.45, 7) is 9.89. The van der Waals surface area contributed by atoms with Gasteiger partial charge in [-0.2, -0.15) is 0 Å². The Balaban J connectivity index is 1.44. The normalized spacial score (nSPS) is 23.3. The average molecular weight is 396 g/mol. The fraction of sp³-hybridized carbons (Fsp3) is 0.476. The minimum absolute atomic E-state index is 0.289. The smallest absolute Gasteiger partial charge is 0.325 e. The summed E-state index contributed by atoms with van der Waals surface area (Å²) in [5.74, 6) is 0.473. The highest BCUT2D eigenvalue weighted by atomic mass is 16.2. The number of hydrogen-bond donors (Lipinski definition) is 2. The molecule has 8 heteroatoms. The van der Waals surface area contributed by atoms with Crippen LogP contribution in [0.2, 0.25) is 0 Å². The third-order valence-corrected chi connectivity index (χ3v) is 6.03. The van der Waals surface area contributed by atoms with Gasteiger partial charge in [0.2, 0.25) is 5.96 Å². The molecule has 0 aromatic heterocycles. The van der Waals surface area contributed by atoms with E-state index < -0.39 is 18.2 Å². The number of rotatable bonds is 5. The number of likely N-dealkylation sites (N-methyl/N-ethyl adjacent to an activating group) is 1. The molecule has 2 atom stereocenters. The highest BCUT2D eigenvalue weighted by molar-refractivity contribution is 6.05. The monoisotopic (exact) mass is 396 g/mol. The predicted molar refractivity (Wildman–Crippen MR) is 112 cm³/mol. The average Bonchev–Trinajstić information content (AvgIpc) is 3.16. The van der Waals surface area contributed by atoms with Crippen LogP contribution in [0, 0.1) is 13.8 Å². The Labute approximate surface area is 171 Å². The minimum Gasteiger partial charge on any atom is -0.385 e. The number of carbonyl (C=O) groups excluding carboxylic acids is 2. The van der Waals surface area contributed by atoms with E-state index in [2.05, 4.69) is 54.5 Å². The quantitative estimate of drug-likeness (QED) is 0.746. The number of aryl methyl sites for hydroxylation is 2. The molecule has 2 unspecified atom stereocenters. The molecule has 3 heterocycles. The van der Waals surface area contributed by atoms with Crippen molar-refractivity contribution in [1.82, 2.24) is 20.0 Å². The first kappa shape index (κ1) is 19.3. The fourth-order valence-electron chi connectivity index (χ4n) is 4.27. The number of fused-ring (bicyclic) bond motifs is 3. The van der Waals surface area contributed by atoms with Crippen LogP contribution in [-0.4, -0.2) is 64.9 Å². The third-order valence-electron chi connectivity index (χ3n) is 6.03. The van der Waals surface area contributed by atoms with Gasteiger partial charge in [-0.3, -0.25) is 15.0 Å². The van der Waals surface area contributed by atoms with E-state index in [1.807, 2.05) is 11.8 Å². The number of guanidine groups is 1. The molecular weight excluding hydrogens is 368 g/mol. The van der Waals surface area contributed by atoms with Gasteiger partial charge in [0, 0.05) is 37.2 Å². The van der Waals surface area contributed by atoms with Crippen LogP contribution < -0.4 is 10.6 Å². The molecule has 3 aliphatic heterocycles. The lowest BCUT2D eigenvalue weighted by Gasteiger charge is -2.35. The predicted octanol–water partition coefficient (Wildman–Crippen LogP) is 2.22. The summed E-state index contributed by atoms with van der Waals surface area (Å²) in [6.07, 6.45) is 0.436. The highest BCUT2D eigenvalue weighted by Crippen LogP contribution is 2.36. The van der Waals surface area contributed by atoms with Gasteiger partial charge in [-0.25, -0.2) is 9.79 Å². The van der Waals surface area contributed by atoms with Gasteiger partial charge >= 0.3 is 6.03 Å². The molecule has 29 heavy (non-hydrogen) atoms. The third kappa shape index (κ3) is 3.12. The van der Waals surface area contributed by atoms with Crippen LogP contribution >= 0.6 is 0 Å². The lowest BCUT2D eigenvalue weighted by atomic mass is 10.1. The van der Waals surface area contributed by atoms with E-state index in [0.717, 1.165) is 42.6 Å². The largest absolute Gasteiger partial charge is 0.385 e. The second kappa shape index (κ2) is 7.09. The van der Waals surface area contributed by atoms with E-state index in [1.54, 1.807) is 7.05 Å². The second-order valence-electron chi connectivity index (χ2n) is 7.98. The molecule has 154 valence electrons. The van der Waals surface area contributed by atoms with Gasteiger partial charge in [-0.15, -0.1) is 0 Å². The lowest BCUT2D eigenvalue weighted by molar-refractivity contribution is -0.126. The molecule has 1 aromatic carbocycles. The zero-order chi connectivity index (χ0) is 20.9. The molecule has 3 amide bonds. The van der Waals surface area contributed by atoms with E-state index in [9.17, 15) is 9.59 Å². The molecule has 1 fully saturated rings. The van der Waals surface area contributed by atoms with Crippen molar-refractivity contribution >= 4 is 23.6 Å². The maximum Gasteiger partial charge on any atom is 0.325 e. The summed E-state index contributed by atoms with van der Waals surface area (Å²) < 4.78 is 0. The van der Waals surface area contributed by atoms with Crippen molar-refractivity contribution in [2.45, 2.75) is 46.3 Å². The van der Waals surface area contributed by atoms with Crippen molar-refractivity contribution < 1.29 is 9.59 Å². The Bertz CT molecular complexity index is 937. The van der Waals surface area contributed by atoms with E-state index in [4.69, 9.17) is 4.99 Å². The van der Waals surface area contributed by atoms with Crippen molar-refractivity contribution in [3.63, 3.8) is 0 Å². The number of nitrogens with zero attached hydrogens (tertiary/aromatic N) is 4. The first-order chi connectivity index (χ1) is 13.8. The van der Waals surface area contributed by atoms with E-state index >= 15 is 0 Å². The molecule has 0 saturated carbocycles. The molecule has 0 spiro atoms. The van der Waals surface area contributed by atoms with Crippen molar-refractivity contribution in [3.05, 3.63) is 40.7 Å². The molecule has 0 aliphatic carbocycles. The van der Waals surface area contributed by atoms with Gasteiger partial charge in [0.15, 0.2) is 12.2 Å². The van der Waals surface area contributed by atoms with Crippen molar-refractivity contribution in [2.24, 2.45) is 4.99 Å². The number of hydrogen-bond acceptors (Lipinski definition) is 6. The second-order valence-corrected chi connectivity index (χ2v) is 7.98. The van der Waals surface area contributed by atoms with E-state index in [0.29, 0.717) is 0 Å². The summed E-state index contributed by atoms with van der Waals surface area (Å²) in [4.78, 5) is 34.8. The molecule has 3 aliphatic rings. The summed E-state index contributed by atoms with van der Waals surface area (Å²) in [6, 6.07) is 5.51. The zero-order valence-corrected chi connectivity index (χ0v) is 17.6. The van der Waals surface area contributed by atoms with Crippen LogP contribution in [0.25, 0.3) is 0 Å². The van der Waals surface area contributed by atoms with Crippen molar-refractivity contribution in [1.29, 1.82) is 0 Å². The van der Waals surface area contributed by atoms with Crippen LogP contribution in [0.5, 0.6) is 0 Å². The Morgan fingerprint density at radius 2 is 1.90 bits per heavy atom. The number of allylic oxidation sites excluding steroid dienone is 2. The molecule has 4 rings (SSSR count). The van der Waals surface area contributed by atoms with Gasteiger partial charge in [0.05, 0.1) is 0 Å². The maximum absolute atomic E-state index is 12.5.